The molecule has 0 aromatic carbocycles. The Balaban J connectivity index is 3.42. The molecule has 1 N–H and O–H groups in total. The summed E-state index contributed by atoms with van der Waals surface area (Å²) in [6, 6.07) is 0. The van der Waals surface area contributed by atoms with Gasteiger partial charge >= 0.3 is 0 Å². The molecule has 0 fully saturated rings. The highest BCUT2D eigenvalue weighted by atomic mass is 32.2. The van der Waals surface area contributed by atoms with Crippen LogP contribution in [-0.4, -0.2) is 21.2 Å². The molecule has 12 heavy (non-hydrogen) atoms. The Morgan fingerprint density at radius 2 is 1.83 bits per heavy atom. The first-order valence-electron chi connectivity index (χ1n) is 3.96. The van der Waals surface area contributed by atoms with Crippen molar-refractivity contribution in [1.82, 2.24) is 4.72 Å². The summed E-state index contributed by atoms with van der Waals surface area (Å²) in [7, 11) is -3.03. The smallest absolute Gasteiger partial charge is 0.208 e. The fourth-order valence-electron chi connectivity index (χ4n) is 0.601. The van der Waals surface area contributed by atoms with Crippen molar-refractivity contribution in [3.05, 3.63) is 0 Å². The summed E-state index contributed by atoms with van der Waals surface area (Å²) >= 11 is 0. The third-order valence-corrected chi connectivity index (χ3v) is 1.84. The van der Waals surface area contributed by atoms with E-state index in [-0.39, 0.29) is 0 Å². The van der Waals surface area contributed by atoms with Gasteiger partial charge in [0.05, 0.1) is 6.26 Å². The van der Waals surface area contributed by atoms with E-state index in [1.165, 1.54) is 0 Å². The third kappa shape index (κ3) is 9.47. The lowest BCUT2D eigenvalue weighted by atomic mass is 10.3. The zero-order chi connectivity index (χ0) is 9.45. The lowest BCUT2D eigenvalue weighted by molar-refractivity contribution is 0.588. The van der Waals surface area contributed by atoms with Gasteiger partial charge in [0.2, 0.25) is 10.0 Å². The fourth-order valence-corrected chi connectivity index (χ4v) is 1.07. The van der Waals surface area contributed by atoms with Crippen molar-refractivity contribution < 1.29 is 8.42 Å². The molecule has 0 heterocycles. The molecule has 0 saturated heterocycles. The quantitative estimate of drug-likeness (QED) is 0.523. The molecule has 0 saturated carbocycles. The second-order valence-electron chi connectivity index (χ2n) is 2.52. The maximum Gasteiger partial charge on any atom is 0.208 e. The monoisotopic (exact) mass is 189 g/mol. The zero-order valence-corrected chi connectivity index (χ0v) is 8.37. The van der Waals surface area contributed by atoms with Crippen LogP contribution in [0.4, 0.5) is 0 Å². The number of hydrogen-bond donors (Lipinski definition) is 1. The van der Waals surface area contributed by atoms with E-state index in [1.807, 2.05) is 0 Å². The Hall–Kier alpha value is -0.530. The van der Waals surface area contributed by atoms with E-state index >= 15 is 0 Å². The highest BCUT2D eigenvalue weighted by Gasteiger charge is 1.95. The van der Waals surface area contributed by atoms with Crippen LogP contribution in [0.15, 0.2) is 0 Å². The van der Waals surface area contributed by atoms with Crippen LogP contribution < -0.4 is 4.72 Å². The van der Waals surface area contributed by atoms with Gasteiger partial charge < -0.3 is 0 Å². The normalized spacial score (nSPS) is 10.5. The van der Waals surface area contributed by atoms with Crippen LogP contribution in [0.2, 0.25) is 0 Å². The van der Waals surface area contributed by atoms with E-state index in [4.69, 9.17) is 0 Å². The minimum Gasteiger partial charge on any atom is -0.215 e. The zero-order valence-electron chi connectivity index (χ0n) is 7.55. The van der Waals surface area contributed by atoms with Crippen molar-refractivity contribution in [2.45, 2.75) is 26.2 Å². The Bertz CT molecular complexity index is 259. The van der Waals surface area contributed by atoms with Crippen LogP contribution in [0.5, 0.6) is 0 Å². The van der Waals surface area contributed by atoms with Crippen molar-refractivity contribution in [2.24, 2.45) is 0 Å². The summed E-state index contributed by atoms with van der Waals surface area (Å²) in [6.45, 7) is 2.47. The molecule has 0 aromatic heterocycles. The van der Waals surface area contributed by atoms with Crippen LogP contribution in [0, 0.1) is 11.8 Å². The second-order valence-corrected chi connectivity index (χ2v) is 4.35. The molecule has 0 radical (unpaired) electrons. The number of nitrogens with one attached hydrogen (secondary N) is 1. The van der Waals surface area contributed by atoms with Crippen molar-refractivity contribution >= 4 is 10.0 Å². The van der Waals surface area contributed by atoms with Gasteiger partial charge in [0.25, 0.3) is 0 Å². The molecule has 0 aliphatic carbocycles. The first-order chi connectivity index (χ1) is 5.56. The molecule has 0 spiro atoms. The summed E-state index contributed by atoms with van der Waals surface area (Å²) in [5, 5.41) is 0. The number of hydrogen-bond acceptors (Lipinski definition) is 2. The molecule has 0 aliphatic rings. The number of unbranched alkanes of at least 4 members (excludes halogenated alkanes) is 1. The van der Waals surface area contributed by atoms with E-state index in [9.17, 15) is 8.42 Å². The van der Waals surface area contributed by atoms with Gasteiger partial charge in [0.15, 0.2) is 0 Å². The van der Waals surface area contributed by atoms with Gasteiger partial charge in [-0.25, -0.2) is 13.1 Å². The Kier molecular flexibility index (Phi) is 5.77. The van der Waals surface area contributed by atoms with Crippen LogP contribution in [0.3, 0.4) is 0 Å². The highest BCUT2D eigenvalue weighted by molar-refractivity contribution is 7.88. The largest absolute Gasteiger partial charge is 0.215 e. The van der Waals surface area contributed by atoms with Crippen molar-refractivity contribution in [2.75, 3.05) is 12.8 Å². The molecule has 0 amide bonds. The average molecular weight is 189 g/mol. The summed E-state index contributed by atoms with van der Waals surface area (Å²) in [5.74, 6) is 5.82. The lowest BCUT2D eigenvalue weighted by Gasteiger charge is -1.95. The van der Waals surface area contributed by atoms with Crippen molar-refractivity contribution in [1.29, 1.82) is 0 Å². The molecule has 0 aliphatic heterocycles. The van der Waals surface area contributed by atoms with Gasteiger partial charge in [-0.3, -0.25) is 0 Å². The fraction of sp³-hybridized carbons (Fsp3) is 0.750. The van der Waals surface area contributed by atoms with Crippen LogP contribution in [0.1, 0.15) is 26.2 Å². The van der Waals surface area contributed by atoms with Gasteiger partial charge in [0, 0.05) is 19.4 Å². The van der Waals surface area contributed by atoms with E-state index < -0.39 is 10.0 Å². The van der Waals surface area contributed by atoms with E-state index in [0.29, 0.717) is 13.0 Å². The molecule has 0 rings (SSSR count). The van der Waals surface area contributed by atoms with E-state index in [1.54, 1.807) is 0 Å². The molecule has 0 aromatic rings. The molecule has 70 valence electrons. The summed E-state index contributed by atoms with van der Waals surface area (Å²) in [4.78, 5) is 0. The molecule has 0 bridgehead atoms. The number of sulfonamides is 1. The van der Waals surface area contributed by atoms with Crippen LogP contribution in [0.25, 0.3) is 0 Å². The van der Waals surface area contributed by atoms with Gasteiger partial charge in [-0.15, -0.1) is 11.8 Å². The van der Waals surface area contributed by atoms with E-state index in [0.717, 1.165) is 19.1 Å². The first-order valence-corrected chi connectivity index (χ1v) is 5.85. The predicted octanol–water partition coefficient (Wildman–Crippen LogP) is 0.729. The standard InChI is InChI=1S/C8H15NO2S/c1-3-4-5-6-7-8-9-12(2,10)11/h9H,3-4,7-8H2,1-2H3. The SMILES string of the molecule is CCCC#CCCNS(C)(=O)=O. The third-order valence-electron chi connectivity index (χ3n) is 1.11. The molecule has 0 unspecified atom stereocenters. The minimum absolute atomic E-state index is 0.412. The summed E-state index contributed by atoms with van der Waals surface area (Å²) in [6.07, 6.45) is 3.67. The minimum atomic E-state index is -3.03. The van der Waals surface area contributed by atoms with Gasteiger partial charge in [-0.1, -0.05) is 6.92 Å². The highest BCUT2D eigenvalue weighted by Crippen LogP contribution is 1.82. The number of rotatable bonds is 4. The van der Waals surface area contributed by atoms with Crippen molar-refractivity contribution in [3.63, 3.8) is 0 Å². The average Bonchev–Trinajstić information content (AvgIpc) is 1.94. The maximum absolute atomic E-state index is 10.6. The Morgan fingerprint density at radius 3 is 2.33 bits per heavy atom. The van der Waals surface area contributed by atoms with Crippen LogP contribution >= 0.6 is 0 Å². The van der Waals surface area contributed by atoms with Gasteiger partial charge in [0.1, 0.15) is 0 Å². The van der Waals surface area contributed by atoms with Crippen LogP contribution in [-0.2, 0) is 10.0 Å². The molecule has 4 heteroatoms. The lowest BCUT2D eigenvalue weighted by Crippen LogP contribution is -2.22. The molecular weight excluding hydrogens is 174 g/mol. The van der Waals surface area contributed by atoms with Gasteiger partial charge in [-0.2, -0.15) is 0 Å². The predicted molar refractivity (Wildman–Crippen MR) is 50.1 cm³/mol. The molecule has 3 nitrogen and oxygen atoms in total. The molecular formula is C8H15NO2S. The van der Waals surface area contributed by atoms with Crippen molar-refractivity contribution in [3.8, 4) is 11.8 Å². The first kappa shape index (κ1) is 11.5. The topological polar surface area (TPSA) is 46.2 Å². The summed E-state index contributed by atoms with van der Waals surface area (Å²) < 4.78 is 23.5. The Labute approximate surface area is 74.6 Å². The maximum atomic E-state index is 10.6. The van der Waals surface area contributed by atoms with E-state index in [2.05, 4.69) is 23.5 Å². The van der Waals surface area contributed by atoms with Gasteiger partial charge in [-0.05, 0) is 6.42 Å². The molecule has 0 atom stereocenters. The Morgan fingerprint density at radius 1 is 1.25 bits per heavy atom. The summed E-state index contributed by atoms with van der Waals surface area (Å²) in [5.41, 5.74) is 0. The second kappa shape index (κ2) is 6.04.